The first-order valence-electron chi connectivity index (χ1n) is 7.83. The second-order valence-electron chi connectivity index (χ2n) is 6.91. The Bertz CT molecular complexity index is 809. The Kier molecular flexibility index (Phi) is 3.72. The molecule has 0 spiro atoms. The van der Waals surface area contributed by atoms with Gasteiger partial charge >= 0.3 is 0 Å². The average molecular weight is 306 g/mol. The fraction of sp³-hybridized carbons (Fsp3) is 0.250. The van der Waals surface area contributed by atoms with E-state index in [0.29, 0.717) is 0 Å². The molecule has 0 aliphatic heterocycles. The first-order valence-corrected chi connectivity index (χ1v) is 7.83. The third kappa shape index (κ3) is 2.87. The summed E-state index contributed by atoms with van der Waals surface area (Å²) >= 11 is 0. The fourth-order valence-corrected chi connectivity index (χ4v) is 2.84. The van der Waals surface area contributed by atoms with Crippen molar-refractivity contribution in [3.63, 3.8) is 0 Å². The Morgan fingerprint density at radius 3 is 2.09 bits per heavy atom. The van der Waals surface area contributed by atoms with Crippen molar-refractivity contribution in [1.29, 1.82) is 0 Å². The fourth-order valence-electron chi connectivity index (χ4n) is 2.84. The van der Waals surface area contributed by atoms with Gasteiger partial charge in [-0.2, -0.15) is 0 Å². The van der Waals surface area contributed by atoms with E-state index in [1.54, 1.807) is 0 Å². The lowest BCUT2D eigenvalue weighted by atomic mass is 9.87. The minimum absolute atomic E-state index is 0.0710. The molecule has 2 aromatic carbocycles. The lowest BCUT2D eigenvalue weighted by Gasteiger charge is -2.22. The molecular formula is C20H22N2O. The largest absolute Gasteiger partial charge is 0.492 e. The van der Waals surface area contributed by atoms with Crippen LogP contribution in [0.3, 0.4) is 0 Å². The van der Waals surface area contributed by atoms with E-state index in [1.165, 1.54) is 5.56 Å². The van der Waals surface area contributed by atoms with E-state index < -0.39 is 0 Å². The molecule has 0 bridgehead atoms. The van der Waals surface area contributed by atoms with Crippen molar-refractivity contribution in [2.45, 2.75) is 33.1 Å². The molecule has 118 valence electrons. The van der Waals surface area contributed by atoms with Gasteiger partial charge in [0.1, 0.15) is 0 Å². The van der Waals surface area contributed by atoms with Gasteiger partial charge in [-0.25, -0.2) is 4.68 Å². The van der Waals surface area contributed by atoms with Gasteiger partial charge in [-0.05, 0) is 24.6 Å². The second kappa shape index (κ2) is 5.58. The maximum Gasteiger partial charge on any atom is 0.239 e. The lowest BCUT2D eigenvalue weighted by Crippen LogP contribution is -2.18. The Labute approximate surface area is 137 Å². The number of benzene rings is 2. The zero-order valence-electron chi connectivity index (χ0n) is 14.0. The van der Waals surface area contributed by atoms with E-state index in [0.717, 1.165) is 22.5 Å². The van der Waals surface area contributed by atoms with Crippen LogP contribution in [-0.4, -0.2) is 14.9 Å². The Morgan fingerprint density at radius 1 is 0.913 bits per heavy atom. The molecule has 0 saturated carbocycles. The van der Waals surface area contributed by atoms with Crippen molar-refractivity contribution in [2.24, 2.45) is 0 Å². The molecule has 0 fully saturated rings. The van der Waals surface area contributed by atoms with E-state index >= 15 is 0 Å². The number of aromatic hydroxyl groups is 1. The molecule has 0 unspecified atom stereocenters. The molecule has 3 rings (SSSR count). The average Bonchev–Trinajstić information content (AvgIpc) is 2.86. The van der Waals surface area contributed by atoms with Crippen molar-refractivity contribution in [2.75, 3.05) is 0 Å². The van der Waals surface area contributed by atoms with Gasteiger partial charge in [-0.1, -0.05) is 68.8 Å². The highest BCUT2D eigenvalue weighted by Gasteiger charge is 2.28. The molecule has 0 atom stereocenters. The number of aryl methyl sites for hydroxylation is 1. The van der Waals surface area contributed by atoms with E-state index in [1.807, 2.05) is 47.1 Å². The number of hydrogen-bond donors (Lipinski definition) is 1. The molecular weight excluding hydrogens is 284 g/mol. The minimum Gasteiger partial charge on any atom is -0.492 e. The lowest BCUT2D eigenvalue weighted by molar-refractivity contribution is 0.449. The SMILES string of the molecule is Cc1ccc(-n2nc(O)c(-c3ccccc3)c2C(C)(C)C)cc1. The van der Waals surface area contributed by atoms with E-state index in [9.17, 15) is 5.11 Å². The minimum atomic E-state index is -0.163. The van der Waals surface area contributed by atoms with Gasteiger partial charge < -0.3 is 5.11 Å². The molecule has 23 heavy (non-hydrogen) atoms. The molecule has 1 aromatic heterocycles. The van der Waals surface area contributed by atoms with Gasteiger partial charge in [0.05, 0.1) is 16.9 Å². The molecule has 3 nitrogen and oxygen atoms in total. The second-order valence-corrected chi connectivity index (χ2v) is 6.91. The first kappa shape index (κ1) is 15.3. The summed E-state index contributed by atoms with van der Waals surface area (Å²) in [5, 5.41) is 14.9. The van der Waals surface area contributed by atoms with Gasteiger partial charge in [0.25, 0.3) is 0 Å². The maximum atomic E-state index is 10.5. The van der Waals surface area contributed by atoms with Crippen molar-refractivity contribution in [1.82, 2.24) is 9.78 Å². The van der Waals surface area contributed by atoms with Crippen LogP contribution in [0.4, 0.5) is 0 Å². The Hall–Kier alpha value is -2.55. The summed E-state index contributed by atoms with van der Waals surface area (Å²) in [6.07, 6.45) is 0. The van der Waals surface area contributed by atoms with E-state index in [4.69, 9.17) is 0 Å². The van der Waals surface area contributed by atoms with Crippen LogP contribution in [-0.2, 0) is 5.41 Å². The van der Waals surface area contributed by atoms with Crippen LogP contribution in [0.5, 0.6) is 5.88 Å². The van der Waals surface area contributed by atoms with Crippen LogP contribution in [0.1, 0.15) is 32.0 Å². The third-order valence-electron chi connectivity index (χ3n) is 3.92. The molecule has 0 radical (unpaired) electrons. The van der Waals surface area contributed by atoms with Crippen LogP contribution in [0.15, 0.2) is 54.6 Å². The number of hydrogen-bond acceptors (Lipinski definition) is 2. The third-order valence-corrected chi connectivity index (χ3v) is 3.92. The summed E-state index contributed by atoms with van der Waals surface area (Å²) in [6.45, 7) is 8.48. The number of nitrogens with zero attached hydrogens (tertiary/aromatic N) is 2. The smallest absolute Gasteiger partial charge is 0.239 e. The van der Waals surface area contributed by atoms with Gasteiger partial charge in [-0.15, -0.1) is 5.10 Å². The van der Waals surface area contributed by atoms with Gasteiger partial charge in [0.2, 0.25) is 5.88 Å². The molecule has 3 heteroatoms. The molecule has 0 amide bonds. The predicted octanol–water partition coefficient (Wildman–Crippen LogP) is 4.85. The van der Waals surface area contributed by atoms with Crippen molar-refractivity contribution in [3.05, 3.63) is 65.9 Å². The monoisotopic (exact) mass is 306 g/mol. The molecule has 3 aromatic rings. The number of aromatic nitrogens is 2. The van der Waals surface area contributed by atoms with Crippen LogP contribution in [0.25, 0.3) is 16.8 Å². The van der Waals surface area contributed by atoms with Crippen LogP contribution in [0, 0.1) is 6.92 Å². The summed E-state index contributed by atoms with van der Waals surface area (Å²) in [6, 6.07) is 18.1. The van der Waals surface area contributed by atoms with E-state index in [-0.39, 0.29) is 11.3 Å². The topological polar surface area (TPSA) is 38.0 Å². The zero-order chi connectivity index (χ0) is 16.6. The van der Waals surface area contributed by atoms with Crippen LogP contribution >= 0.6 is 0 Å². The maximum absolute atomic E-state index is 10.5. The van der Waals surface area contributed by atoms with Gasteiger partial charge in [-0.3, -0.25) is 0 Å². The molecule has 0 saturated heterocycles. The number of rotatable bonds is 2. The van der Waals surface area contributed by atoms with Crippen molar-refractivity contribution in [3.8, 4) is 22.7 Å². The molecule has 0 aliphatic carbocycles. The van der Waals surface area contributed by atoms with E-state index in [2.05, 4.69) is 44.9 Å². The van der Waals surface area contributed by atoms with Crippen molar-refractivity contribution < 1.29 is 5.11 Å². The van der Waals surface area contributed by atoms with Crippen LogP contribution < -0.4 is 0 Å². The van der Waals surface area contributed by atoms with Gasteiger partial charge in [0.15, 0.2) is 0 Å². The molecule has 1 N–H and O–H groups in total. The summed E-state index contributed by atoms with van der Waals surface area (Å²) in [5.74, 6) is 0.0710. The van der Waals surface area contributed by atoms with Crippen molar-refractivity contribution >= 4 is 0 Å². The first-order chi connectivity index (χ1) is 10.9. The summed E-state index contributed by atoms with van der Waals surface area (Å²) < 4.78 is 1.86. The molecule has 0 aliphatic rings. The highest BCUT2D eigenvalue weighted by molar-refractivity contribution is 5.73. The summed E-state index contributed by atoms with van der Waals surface area (Å²) in [5.41, 5.74) is 4.78. The van der Waals surface area contributed by atoms with Gasteiger partial charge in [0, 0.05) is 5.41 Å². The standard InChI is InChI=1S/C20H22N2O/c1-14-10-12-16(13-11-14)22-18(20(2,3)4)17(19(23)21-22)15-8-6-5-7-9-15/h5-13H,1-4H3,(H,21,23). The Morgan fingerprint density at radius 2 is 1.52 bits per heavy atom. The van der Waals surface area contributed by atoms with Crippen LogP contribution in [0.2, 0.25) is 0 Å². The Balaban J connectivity index is 2.28. The summed E-state index contributed by atoms with van der Waals surface area (Å²) in [7, 11) is 0. The quantitative estimate of drug-likeness (QED) is 0.735. The predicted molar refractivity (Wildman–Crippen MR) is 94.1 cm³/mol. The zero-order valence-corrected chi connectivity index (χ0v) is 14.0. The summed E-state index contributed by atoms with van der Waals surface area (Å²) in [4.78, 5) is 0. The highest BCUT2D eigenvalue weighted by atomic mass is 16.3. The molecule has 1 heterocycles. The highest BCUT2D eigenvalue weighted by Crippen LogP contribution is 2.40. The normalized spacial score (nSPS) is 11.7.